The third kappa shape index (κ3) is 5.53. The highest BCUT2D eigenvalue weighted by Crippen LogP contribution is 2.27. The van der Waals surface area contributed by atoms with Gasteiger partial charge in [0.2, 0.25) is 0 Å². The molecule has 0 fully saturated rings. The Morgan fingerprint density at radius 3 is 1.50 bits per heavy atom. The zero-order valence-corrected chi connectivity index (χ0v) is 8.17. The largest absolute Gasteiger partial charge is 0.330 e. The van der Waals surface area contributed by atoms with Gasteiger partial charge in [-0.3, -0.25) is 0 Å². The first-order chi connectivity index (χ1) is 4.70. The van der Waals surface area contributed by atoms with E-state index in [1.165, 1.54) is 0 Å². The maximum Gasteiger partial charge on any atom is 0.121 e. The summed E-state index contributed by atoms with van der Waals surface area (Å²) in [6.45, 7) is 1.49. The Kier molecular flexibility index (Phi) is 6.94. The summed E-state index contributed by atoms with van der Waals surface area (Å²) < 4.78 is 0. The predicted molar refractivity (Wildman–Crippen MR) is 58.0 cm³/mol. The Bertz CT molecular complexity index is 75.7. The molecule has 0 aromatic rings. The summed E-state index contributed by atoms with van der Waals surface area (Å²) in [5, 5.41) is 1.08. The lowest BCUT2D eigenvalue weighted by atomic mass is 10.1. The zero-order chi connectivity index (χ0) is 7.98. The Hall–Kier alpha value is 0.750. The molecule has 0 aliphatic carbocycles. The van der Waals surface area contributed by atoms with Crippen molar-refractivity contribution in [3.63, 3.8) is 0 Å². The monoisotopic (exact) mass is 176 g/mol. The molecule has 0 heterocycles. The molecule has 2 nitrogen and oxygen atoms in total. The van der Waals surface area contributed by atoms with Crippen molar-refractivity contribution in [1.82, 2.24) is 0 Å². The van der Waals surface area contributed by atoms with E-state index in [-0.39, 0.29) is 0 Å². The molecular weight excluding hydrogens is 162 g/mol. The van der Waals surface area contributed by atoms with E-state index < -0.39 is 0 Å². The summed E-state index contributed by atoms with van der Waals surface area (Å²) in [7, 11) is 7.89. The van der Waals surface area contributed by atoms with Gasteiger partial charge in [0.05, 0.1) is 0 Å². The fraction of sp³-hybridized carbons (Fsp3) is 1.00. The smallest absolute Gasteiger partial charge is 0.121 e. The summed E-state index contributed by atoms with van der Waals surface area (Å²) in [4.78, 5) is 0. The summed E-state index contributed by atoms with van der Waals surface area (Å²) in [6.07, 6.45) is 0. The molecule has 0 aliphatic rings. The molecule has 58 valence electrons. The molecular formula is C4H14B2N2S2. The van der Waals surface area contributed by atoms with Gasteiger partial charge in [0, 0.05) is 0 Å². The average Bonchev–Trinajstić information content (AvgIpc) is 1.99. The van der Waals surface area contributed by atoms with Crippen molar-refractivity contribution in [3.05, 3.63) is 0 Å². The van der Waals surface area contributed by atoms with Crippen molar-refractivity contribution in [1.29, 1.82) is 0 Å². The quantitative estimate of drug-likeness (QED) is 0.383. The highest BCUT2D eigenvalue weighted by Gasteiger charge is 2.03. The highest BCUT2D eigenvalue weighted by molar-refractivity contribution is 8.77. The first kappa shape index (κ1) is 10.7. The van der Waals surface area contributed by atoms with Gasteiger partial charge in [-0.05, 0) is 23.4 Å². The molecule has 10 heavy (non-hydrogen) atoms. The fourth-order valence-corrected chi connectivity index (χ4v) is 2.41. The van der Waals surface area contributed by atoms with Crippen molar-refractivity contribution in [2.45, 2.75) is 10.3 Å². The van der Waals surface area contributed by atoms with E-state index in [9.17, 15) is 0 Å². The lowest BCUT2D eigenvalue weighted by Gasteiger charge is -2.10. The van der Waals surface area contributed by atoms with Gasteiger partial charge in [-0.2, -0.15) is 0 Å². The molecule has 2 unspecified atom stereocenters. The van der Waals surface area contributed by atoms with E-state index in [4.69, 9.17) is 11.5 Å². The van der Waals surface area contributed by atoms with E-state index in [1.54, 1.807) is 0 Å². The first-order valence-corrected chi connectivity index (χ1v) is 5.70. The van der Waals surface area contributed by atoms with Crippen LogP contribution in [-0.4, -0.2) is 39.1 Å². The summed E-state index contributed by atoms with van der Waals surface area (Å²) >= 11 is 0. The maximum absolute atomic E-state index is 5.43. The normalized spacial score (nSPS) is 16.6. The van der Waals surface area contributed by atoms with Gasteiger partial charge in [-0.25, -0.2) is 0 Å². The third-order valence-corrected chi connectivity index (χ3v) is 4.51. The van der Waals surface area contributed by atoms with Gasteiger partial charge in [-0.1, -0.05) is 21.6 Å². The van der Waals surface area contributed by atoms with Gasteiger partial charge >= 0.3 is 0 Å². The number of hydrogen-bond donors (Lipinski definition) is 2. The van der Waals surface area contributed by atoms with Crippen molar-refractivity contribution < 1.29 is 0 Å². The summed E-state index contributed by atoms with van der Waals surface area (Å²) in [5.74, 6) is 0. The fourth-order valence-electron chi connectivity index (χ4n) is 0.268. The summed E-state index contributed by atoms with van der Waals surface area (Å²) in [5.41, 5.74) is 10.9. The molecule has 0 saturated carbocycles. The lowest BCUT2D eigenvalue weighted by Crippen LogP contribution is -2.19. The highest BCUT2D eigenvalue weighted by atomic mass is 33.1. The van der Waals surface area contributed by atoms with Crippen LogP contribution in [0, 0.1) is 0 Å². The van der Waals surface area contributed by atoms with Crippen LogP contribution in [0.15, 0.2) is 0 Å². The zero-order valence-electron chi connectivity index (χ0n) is 6.54. The topological polar surface area (TPSA) is 52.0 Å². The molecule has 4 N–H and O–H groups in total. The van der Waals surface area contributed by atoms with Crippen molar-refractivity contribution in [2.24, 2.45) is 11.5 Å². The van der Waals surface area contributed by atoms with Crippen LogP contribution in [0.25, 0.3) is 0 Å². The maximum atomic E-state index is 5.43. The lowest BCUT2D eigenvalue weighted by molar-refractivity contribution is 1.09. The Morgan fingerprint density at radius 2 is 1.30 bits per heavy atom. The van der Waals surface area contributed by atoms with Crippen LogP contribution in [0.1, 0.15) is 0 Å². The van der Waals surface area contributed by atoms with Crippen molar-refractivity contribution in [3.8, 4) is 0 Å². The van der Waals surface area contributed by atoms with E-state index in [2.05, 4.69) is 15.7 Å². The molecule has 0 saturated heterocycles. The van der Waals surface area contributed by atoms with E-state index in [0.717, 1.165) is 13.1 Å². The van der Waals surface area contributed by atoms with E-state index in [1.807, 2.05) is 21.6 Å². The minimum absolute atomic E-state index is 0.541. The molecule has 0 aromatic heterocycles. The number of hydrogen-bond acceptors (Lipinski definition) is 4. The van der Waals surface area contributed by atoms with Gasteiger partial charge in [0.15, 0.2) is 0 Å². The minimum atomic E-state index is 0.541. The van der Waals surface area contributed by atoms with Crippen LogP contribution in [0.2, 0.25) is 0 Å². The second kappa shape index (κ2) is 6.46. The van der Waals surface area contributed by atoms with Crippen LogP contribution in [-0.2, 0) is 0 Å². The second-order valence-corrected chi connectivity index (χ2v) is 5.43. The summed E-state index contributed by atoms with van der Waals surface area (Å²) in [6, 6.07) is 0. The molecule has 0 rings (SSSR count). The molecule has 0 amide bonds. The molecule has 0 radical (unpaired) electrons. The minimum Gasteiger partial charge on any atom is -0.330 e. The molecule has 0 spiro atoms. The number of rotatable bonds is 5. The van der Waals surface area contributed by atoms with Crippen molar-refractivity contribution >= 4 is 37.3 Å². The van der Waals surface area contributed by atoms with E-state index >= 15 is 0 Å². The molecule has 2 atom stereocenters. The van der Waals surface area contributed by atoms with Crippen molar-refractivity contribution in [2.75, 3.05) is 13.1 Å². The van der Waals surface area contributed by atoms with Crippen LogP contribution < -0.4 is 11.5 Å². The second-order valence-electron chi connectivity index (χ2n) is 2.29. The average molecular weight is 176 g/mol. The third-order valence-electron chi connectivity index (χ3n) is 1.05. The SMILES string of the molecule is BC(CN)SSC(B)CN. The molecule has 0 aliphatic heterocycles. The van der Waals surface area contributed by atoms with Gasteiger partial charge < -0.3 is 11.5 Å². The Labute approximate surface area is 72.5 Å². The molecule has 6 heteroatoms. The van der Waals surface area contributed by atoms with Crippen LogP contribution >= 0.6 is 21.6 Å². The predicted octanol–water partition coefficient (Wildman–Crippen LogP) is -1.80. The van der Waals surface area contributed by atoms with E-state index in [0.29, 0.717) is 10.3 Å². The van der Waals surface area contributed by atoms with Gasteiger partial charge in [0.25, 0.3) is 0 Å². The van der Waals surface area contributed by atoms with Gasteiger partial charge in [-0.15, -0.1) is 0 Å². The Morgan fingerprint density at radius 1 is 1.00 bits per heavy atom. The standard InChI is InChI=1S/C4H14B2N2S2/c5-3(1-7)9-10-4(6)2-8/h3-4H,1-2,5-8H2. The van der Waals surface area contributed by atoms with Crippen LogP contribution in [0.5, 0.6) is 0 Å². The number of nitrogens with two attached hydrogens (primary N) is 2. The molecule has 0 bridgehead atoms. The Balaban J connectivity index is 3.17. The molecule has 0 aromatic carbocycles. The first-order valence-electron chi connectivity index (χ1n) is 3.43. The van der Waals surface area contributed by atoms with Gasteiger partial charge in [0.1, 0.15) is 15.7 Å². The van der Waals surface area contributed by atoms with Crippen LogP contribution in [0.4, 0.5) is 0 Å². The van der Waals surface area contributed by atoms with Crippen LogP contribution in [0.3, 0.4) is 0 Å².